The van der Waals surface area contributed by atoms with E-state index in [2.05, 4.69) is 67.9 Å². The lowest BCUT2D eigenvalue weighted by Gasteiger charge is -2.60. The molecule has 8 heteroatoms. The molecule has 0 amide bonds. The van der Waals surface area contributed by atoms with Crippen molar-refractivity contribution in [3.63, 3.8) is 0 Å². The number of pyridine rings is 1. The number of benzene rings is 1. The van der Waals surface area contributed by atoms with Gasteiger partial charge < -0.3 is 10.0 Å². The van der Waals surface area contributed by atoms with Gasteiger partial charge in [-0.2, -0.15) is 5.10 Å². The standard InChI is InChI=1S/C35H47N5O3/c1-23-9-8-10-25-13-14-39(16-28(23)25)29-12-11-26(30(38-29)31(41)42)27-15-37-40(24(27)2)22-34(6)19-33(5)17-32(3,4)18-35(20-33,21-34)43-36-7/h8-12,15,36H,13-14,16-22H2,1-7H3,(H,41,42). The molecule has 3 heterocycles. The zero-order valence-corrected chi connectivity index (χ0v) is 26.9. The van der Waals surface area contributed by atoms with Crippen molar-refractivity contribution in [2.75, 3.05) is 18.5 Å². The summed E-state index contributed by atoms with van der Waals surface area (Å²) < 4.78 is 2.07. The molecule has 230 valence electrons. The first-order valence-corrected chi connectivity index (χ1v) is 15.7. The number of nitrogens with zero attached hydrogens (tertiary/aromatic N) is 4. The van der Waals surface area contributed by atoms with Crippen LogP contribution >= 0.6 is 0 Å². The van der Waals surface area contributed by atoms with Crippen molar-refractivity contribution in [1.29, 1.82) is 0 Å². The van der Waals surface area contributed by atoms with Gasteiger partial charge in [-0.05, 0) is 97.4 Å². The monoisotopic (exact) mass is 585 g/mol. The summed E-state index contributed by atoms with van der Waals surface area (Å²) in [6.07, 6.45) is 8.05. The van der Waals surface area contributed by atoms with Gasteiger partial charge in [-0.25, -0.2) is 15.3 Å². The Morgan fingerprint density at radius 1 is 1.02 bits per heavy atom. The quantitative estimate of drug-likeness (QED) is 0.297. The van der Waals surface area contributed by atoms with Crippen molar-refractivity contribution in [3.8, 4) is 11.1 Å². The highest BCUT2D eigenvalue weighted by atomic mass is 16.7. The Kier molecular flexibility index (Phi) is 7.24. The summed E-state index contributed by atoms with van der Waals surface area (Å²) >= 11 is 0. The van der Waals surface area contributed by atoms with Crippen LogP contribution in [0.3, 0.4) is 0 Å². The van der Waals surface area contributed by atoms with E-state index in [1.165, 1.54) is 23.1 Å². The molecule has 2 bridgehead atoms. The third-order valence-corrected chi connectivity index (χ3v) is 10.2. The number of carboxylic acids is 1. The number of anilines is 1. The number of aromatic carboxylic acids is 1. The van der Waals surface area contributed by atoms with Gasteiger partial charge in [-0.1, -0.05) is 45.9 Å². The third kappa shape index (κ3) is 5.60. The summed E-state index contributed by atoms with van der Waals surface area (Å²) in [7, 11) is 1.87. The largest absolute Gasteiger partial charge is 0.476 e. The molecule has 1 aromatic carbocycles. The maximum Gasteiger partial charge on any atom is 0.355 e. The van der Waals surface area contributed by atoms with Crippen LogP contribution in [0, 0.1) is 30.1 Å². The number of carboxylic acid groups (broad SMARTS) is 1. The second-order valence-corrected chi connectivity index (χ2v) is 15.2. The lowest BCUT2D eigenvalue weighted by molar-refractivity contribution is -0.217. The van der Waals surface area contributed by atoms with Crippen LogP contribution in [0.5, 0.6) is 0 Å². The molecule has 2 fully saturated rings. The molecule has 43 heavy (non-hydrogen) atoms. The molecule has 0 saturated heterocycles. The van der Waals surface area contributed by atoms with Crippen molar-refractivity contribution in [3.05, 3.63) is 64.6 Å². The summed E-state index contributed by atoms with van der Waals surface area (Å²) in [5.41, 5.74) is 9.63. The van der Waals surface area contributed by atoms with E-state index in [1.807, 2.05) is 32.3 Å². The molecule has 2 aromatic heterocycles. The number of rotatable bonds is 7. The zero-order valence-electron chi connectivity index (χ0n) is 26.9. The van der Waals surface area contributed by atoms with E-state index >= 15 is 0 Å². The van der Waals surface area contributed by atoms with Crippen LogP contribution in [0.15, 0.2) is 36.5 Å². The molecule has 2 aliphatic carbocycles. The van der Waals surface area contributed by atoms with Crippen LogP contribution in [0.25, 0.3) is 11.1 Å². The van der Waals surface area contributed by atoms with E-state index in [4.69, 9.17) is 14.9 Å². The average molecular weight is 586 g/mol. The Labute approximate surface area is 255 Å². The summed E-state index contributed by atoms with van der Waals surface area (Å²) in [4.78, 5) is 25.8. The Morgan fingerprint density at radius 3 is 2.56 bits per heavy atom. The van der Waals surface area contributed by atoms with Crippen molar-refractivity contribution >= 4 is 11.8 Å². The topological polar surface area (TPSA) is 92.5 Å². The van der Waals surface area contributed by atoms with Crippen molar-refractivity contribution < 1.29 is 14.7 Å². The fourth-order valence-corrected chi connectivity index (χ4v) is 9.73. The lowest BCUT2D eigenvalue weighted by atomic mass is 9.48. The fraction of sp³-hybridized carbons (Fsp3) is 0.571. The number of fused-ring (bicyclic) bond motifs is 3. The molecule has 6 rings (SSSR count). The van der Waals surface area contributed by atoms with E-state index < -0.39 is 5.97 Å². The highest BCUT2D eigenvalue weighted by Gasteiger charge is 2.58. The van der Waals surface area contributed by atoms with Crippen LogP contribution in [-0.4, -0.2) is 45.0 Å². The molecular formula is C35H47N5O3. The summed E-state index contributed by atoms with van der Waals surface area (Å²) in [6.45, 7) is 16.0. The van der Waals surface area contributed by atoms with Gasteiger partial charge in [0.15, 0.2) is 5.69 Å². The van der Waals surface area contributed by atoms with Crippen molar-refractivity contribution in [2.45, 2.75) is 98.8 Å². The predicted molar refractivity (Wildman–Crippen MR) is 169 cm³/mol. The van der Waals surface area contributed by atoms with Gasteiger partial charge in [0.1, 0.15) is 5.82 Å². The van der Waals surface area contributed by atoms with E-state index in [0.717, 1.165) is 63.0 Å². The molecule has 2 saturated carbocycles. The van der Waals surface area contributed by atoms with Gasteiger partial charge in [0.2, 0.25) is 0 Å². The molecule has 2 N–H and O–H groups in total. The molecule has 3 aliphatic rings. The number of aromatic nitrogens is 3. The van der Waals surface area contributed by atoms with Crippen LogP contribution in [-0.2, 0) is 24.3 Å². The Hall–Kier alpha value is -3.23. The molecular weight excluding hydrogens is 538 g/mol. The van der Waals surface area contributed by atoms with Crippen LogP contribution in [0.1, 0.15) is 92.7 Å². The first kappa shape index (κ1) is 29.8. The first-order valence-electron chi connectivity index (χ1n) is 15.7. The maximum absolute atomic E-state index is 12.5. The maximum atomic E-state index is 12.5. The van der Waals surface area contributed by atoms with Crippen molar-refractivity contribution in [1.82, 2.24) is 20.2 Å². The van der Waals surface area contributed by atoms with Gasteiger partial charge in [-0.3, -0.25) is 9.52 Å². The fourth-order valence-electron chi connectivity index (χ4n) is 9.73. The summed E-state index contributed by atoms with van der Waals surface area (Å²) in [5, 5.41) is 15.1. The van der Waals surface area contributed by atoms with Crippen LogP contribution < -0.4 is 10.4 Å². The minimum atomic E-state index is -1.02. The zero-order chi connectivity index (χ0) is 30.8. The molecule has 0 spiro atoms. The van der Waals surface area contributed by atoms with E-state index in [9.17, 15) is 9.90 Å². The van der Waals surface area contributed by atoms with E-state index in [0.29, 0.717) is 11.4 Å². The molecule has 8 nitrogen and oxygen atoms in total. The normalized spacial score (nSPS) is 28.0. The second-order valence-electron chi connectivity index (χ2n) is 15.2. The van der Waals surface area contributed by atoms with Gasteiger partial charge in [0.05, 0.1) is 11.8 Å². The average Bonchev–Trinajstić information content (AvgIpc) is 3.25. The highest BCUT2D eigenvalue weighted by molar-refractivity contribution is 5.94. The third-order valence-electron chi connectivity index (χ3n) is 10.2. The van der Waals surface area contributed by atoms with E-state index in [-0.39, 0.29) is 27.5 Å². The van der Waals surface area contributed by atoms with Gasteiger partial charge >= 0.3 is 5.97 Å². The SMILES string of the molecule is CNOC12CC(C)(C)CC(C)(CC(C)(Cn3ncc(-c4ccc(N5CCc6cccc(C)c6C5)nc4C(=O)O)c3C)C1)C2. The number of carbonyl (C=O) groups is 1. The summed E-state index contributed by atoms with van der Waals surface area (Å²) in [6, 6.07) is 10.3. The molecule has 3 unspecified atom stereocenters. The predicted octanol–water partition coefficient (Wildman–Crippen LogP) is 6.73. The minimum absolute atomic E-state index is 0.0190. The Bertz CT molecular complexity index is 1560. The number of hydrogen-bond donors (Lipinski definition) is 2. The van der Waals surface area contributed by atoms with Gasteiger partial charge in [-0.15, -0.1) is 0 Å². The minimum Gasteiger partial charge on any atom is -0.476 e. The molecule has 3 aromatic rings. The smallest absolute Gasteiger partial charge is 0.355 e. The van der Waals surface area contributed by atoms with Crippen LogP contribution in [0.4, 0.5) is 5.82 Å². The number of aryl methyl sites for hydroxylation is 1. The van der Waals surface area contributed by atoms with Gasteiger partial charge in [0.25, 0.3) is 0 Å². The second kappa shape index (κ2) is 10.4. The van der Waals surface area contributed by atoms with Crippen molar-refractivity contribution in [2.24, 2.45) is 16.2 Å². The Morgan fingerprint density at radius 2 is 1.81 bits per heavy atom. The Balaban J connectivity index is 1.28. The van der Waals surface area contributed by atoms with E-state index in [1.54, 1.807) is 0 Å². The molecule has 1 aliphatic heterocycles. The number of hydroxylamine groups is 1. The highest BCUT2D eigenvalue weighted by Crippen LogP contribution is 2.63. The summed E-state index contributed by atoms with van der Waals surface area (Å²) in [5.74, 6) is -0.321. The number of nitrogens with one attached hydrogen (secondary N) is 1. The molecule has 0 radical (unpaired) electrons. The molecule has 3 atom stereocenters. The van der Waals surface area contributed by atoms with Crippen LogP contribution in [0.2, 0.25) is 0 Å². The van der Waals surface area contributed by atoms with Gasteiger partial charge in [0, 0.05) is 43.5 Å². The number of hydrogen-bond acceptors (Lipinski definition) is 6. The lowest BCUT2D eigenvalue weighted by Crippen LogP contribution is -2.58. The first-order chi connectivity index (χ1) is 20.2.